The van der Waals surface area contributed by atoms with Crippen LogP contribution in [0.3, 0.4) is 0 Å². The maximum Gasteiger partial charge on any atom is 0.240 e. The Kier molecular flexibility index (Phi) is 2.93. The molecule has 0 spiro atoms. The number of aliphatic hydroxyl groups is 1. The van der Waals surface area contributed by atoms with Gasteiger partial charge in [-0.3, -0.25) is 4.98 Å². The average Bonchev–Trinajstić information content (AvgIpc) is 3.12. The normalized spacial score (nSPS) is 18.2. The molecule has 0 amide bonds. The summed E-state index contributed by atoms with van der Waals surface area (Å²) in [5.74, 6) is 1.13. The van der Waals surface area contributed by atoms with Gasteiger partial charge in [0.05, 0.1) is 6.10 Å². The standard InChI is InChI=1S/C15H16N6O/c16-15-18-13-6-11(10-2-1-4-17-8-10)7-14(21(13)19-15)20-5-3-12(22)9-20/h1-2,4,6-8,12,22H,3,5,9H2,(H2,16,19). The van der Waals surface area contributed by atoms with Gasteiger partial charge in [0, 0.05) is 31.0 Å². The van der Waals surface area contributed by atoms with Gasteiger partial charge in [-0.25, -0.2) is 0 Å². The fourth-order valence-electron chi connectivity index (χ4n) is 2.86. The Morgan fingerprint density at radius 1 is 1.27 bits per heavy atom. The van der Waals surface area contributed by atoms with Crippen LogP contribution in [-0.2, 0) is 0 Å². The third-order valence-electron chi connectivity index (χ3n) is 3.92. The number of hydrogen-bond acceptors (Lipinski definition) is 6. The molecule has 1 fully saturated rings. The Morgan fingerprint density at radius 2 is 2.18 bits per heavy atom. The molecule has 7 nitrogen and oxygen atoms in total. The van der Waals surface area contributed by atoms with Gasteiger partial charge in [0.1, 0.15) is 5.82 Å². The van der Waals surface area contributed by atoms with Gasteiger partial charge < -0.3 is 15.7 Å². The second-order valence-electron chi connectivity index (χ2n) is 5.47. The van der Waals surface area contributed by atoms with Crippen LogP contribution in [-0.4, -0.2) is 43.9 Å². The first kappa shape index (κ1) is 13.0. The predicted molar refractivity (Wildman–Crippen MR) is 83.5 cm³/mol. The van der Waals surface area contributed by atoms with Crippen molar-refractivity contribution in [1.82, 2.24) is 19.6 Å². The molecule has 0 aromatic carbocycles. The van der Waals surface area contributed by atoms with Crippen LogP contribution in [0.15, 0.2) is 36.7 Å². The number of anilines is 2. The molecule has 3 N–H and O–H groups in total. The van der Waals surface area contributed by atoms with Crippen LogP contribution in [0.4, 0.5) is 11.8 Å². The number of aliphatic hydroxyl groups excluding tert-OH is 1. The summed E-state index contributed by atoms with van der Waals surface area (Å²) < 4.78 is 1.73. The van der Waals surface area contributed by atoms with Crippen molar-refractivity contribution in [2.24, 2.45) is 0 Å². The van der Waals surface area contributed by atoms with Gasteiger partial charge >= 0.3 is 0 Å². The SMILES string of the molecule is Nc1nc2cc(-c3cccnc3)cc(N3CCC(O)C3)n2n1. The molecular formula is C15H16N6O. The van der Waals surface area contributed by atoms with E-state index in [1.54, 1.807) is 10.7 Å². The monoisotopic (exact) mass is 296 g/mol. The number of nitrogens with two attached hydrogens (primary N) is 1. The average molecular weight is 296 g/mol. The van der Waals surface area contributed by atoms with Gasteiger partial charge in [-0.1, -0.05) is 6.07 Å². The third-order valence-corrected chi connectivity index (χ3v) is 3.92. The number of β-amino-alcohol motifs (C(OH)–C–C–N with tert-alkyl or cyclic N) is 1. The summed E-state index contributed by atoms with van der Waals surface area (Å²) in [5.41, 5.74) is 8.45. The second-order valence-corrected chi connectivity index (χ2v) is 5.47. The van der Waals surface area contributed by atoms with Crippen molar-refractivity contribution in [2.45, 2.75) is 12.5 Å². The number of aromatic nitrogens is 4. The zero-order chi connectivity index (χ0) is 15.1. The lowest BCUT2D eigenvalue weighted by Crippen LogP contribution is -2.23. The van der Waals surface area contributed by atoms with Gasteiger partial charge in [0.15, 0.2) is 5.65 Å². The zero-order valence-electron chi connectivity index (χ0n) is 11.9. The van der Waals surface area contributed by atoms with Crippen molar-refractivity contribution in [3.63, 3.8) is 0 Å². The van der Waals surface area contributed by atoms with Crippen LogP contribution in [0.1, 0.15) is 6.42 Å². The summed E-state index contributed by atoms with van der Waals surface area (Å²) in [5, 5.41) is 14.1. The molecule has 7 heteroatoms. The van der Waals surface area contributed by atoms with Gasteiger partial charge in [0.2, 0.25) is 5.95 Å². The highest BCUT2D eigenvalue weighted by Gasteiger charge is 2.23. The highest BCUT2D eigenvalue weighted by atomic mass is 16.3. The Balaban J connectivity index is 1.89. The van der Waals surface area contributed by atoms with E-state index in [4.69, 9.17) is 5.73 Å². The lowest BCUT2D eigenvalue weighted by atomic mass is 10.1. The number of pyridine rings is 2. The molecule has 3 aromatic heterocycles. The Hall–Kier alpha value is -2.67. The van der Waals surface area contributed by atoms with Crippen LogP contribution in [0.25, 0.3) is 16.8 Å². The summed E-state index contributed by atoms with van der Waals surface area (Å²) in [4.78, 5) is 10.5. The van der Waals surface area contributed by atoms with Crippen LogP contribution >= 0.6 is 0 Å². The fraction of sp³-hybridized carbons (Fsp3) is 0.267. The minimum absolute atomic E-state index is 0.240. The first-order valence-electron chi connectivity index (χ1n) is 7.20. The van der Waals surface area contributed by atoms with Gasteiger partial charge in [-0.15, -0.1) is 5.10 Å². The largest absolute Gasteiger partial charge is 0.391 e. The van der Waals surface area contributed by atoms with E-state index in [2.05, 4.69) is 20.0 Å². The highest BCUT2D eigenvalue weighted by molar-refractivity contribution is 5.72. The quantitative estimate of drug-likeness (QED) is 0.731. The minimum atomic E-state index is -0.307. The lowest BCUT2D eigenvalue weighted by molar-refractivity contribution is 0.198. The number of nitrogen functional groups attached to an aromatic ring is 1. The number of nitrogens with zero attached hydrogens (tertiary/aromatic N) is 5. The van der Waals surface area contributed by atoms with E-state index in [9.17, 15) is 5.11 Å². The molecule has 0 aliphatic carbocycles. The van der Waals surface area contributed by atoms with Gasteiger partial charge in [-0.05, 0) is 30.2 Å². The molecule has 1 aliphatic heterocycles. The summed E-state index contributed by atoms with van der Waals surface area (Å²) >= 11 is 0. The van der Waals surface area contributed by atoms with Crippen molar-refractivity contribution >= 4 is 17.4 Å². The van der Waals surface area contributed by atoms with Gasteiger partial charge in [0.25, 0.3) is 0 Å². The highest BCUT2D eigenvalue weighted by Crippen LogP contribution is 2.28. The van der Waals surface area contributed by atoms with E-state index in [1.165, 1.54) is 0 Å². The van der Waals surface area contributed by atoms with E-state index in [-0.39, 0.29) is 12.1 Å². The fourth-order valence-corrected chi connectivity index (χ4v) is 2.86. The van der Waals surface area contributed by atoms with Crippen LogP contribution in [0.2, 0.25) is 0 Å². The minimum Gasteiger partial charge on any atom is -0.391 e. The second kappa shape index (κ2) is 4.96. The van der Waals surface area contributed by atoms with E-state index in [1.807, 2.05) is 30.5 Å². The van der Waals surface area contributed by atoms with Crippen molar-refractivity contribution in [1.29, 1.82) is 0 Å². The van der Waals surface area contributed by atoms with E-state index < -0.39 is 0 Å². The Labute approximate surface area is 127 Å². The summed E-state index contributed by atoms with van der Waals surface area (Å²) in [6, 6.07) is 7.88. The first-order chi connectivity index (χ1) is 10.7. The first-order valence-corrected chi connectivity index (χ1v) is 7.20. The van der Waals surface area contributed by atoms with Crippen LogP contribution < -0.4 is 10.6 Å². The van der Waals surface area contributed by atoms with E-state index >= 15 is 0 Å². The number of fused-ring (bicyclic) bond motifs is 1. The molecule has 3 aromatic rings. The molecule has 1 atom stereocenters. The zero-order valence-corrected chi connectivity index (χ0v) is 11.9. The molecule has 4 rings (SSSR count). The molecule has 1 saturated heterocycles. The third kappa shape index (κ3) is 2.15. The topological polar surface area (TPSA) is 92.6 Å². The molecular weight excluding hydrogens is 280 g/mol. The van der Waals surface area contributed by atoms with Crippen molar-refractivity contribution < 1.29 is 5.11 Å². The van der Waals surface area contributed by atoms with Gasteiger partial charge in [-0.2, -0.15) is 9.50 Å². The summed E-state index contributed by atoms with van der Waals surface area (Å²) in [6.45, 7) is 1.37. The molecule has 0 radical (unpaired) electrons. The maximum absolute atomic E-state index is 9.80. The summed E-state index contributed by atoms with van der Waals surface area (Å²) in [7, 11) is 0. The van der Waals surface area contributed by atoms with Crippen molar-refractivity contribution in [2.75, 3.05) is 23.7 Å². The molecule has 22 heavy (non-hydrogen) atoms. The molecule has 1 unspecified atom stereocenters. The maximum atomic E-state index is 9.80. The van der Waals surface area contributed by atoms with Crippen molar-refractivity contribution in [3.05, 3.63) is 36.7 Å². The van der Waals surface area contributed by atoms with Crippen molar-refractivity contribution in [3.8, 4) is 11.1 Å². The predicted octanol–water partition coefficient (Wildman–Crippen LogP) is 0.944. The number of rotatable bonds is 2. The molecule has 1 aliphatic rings. The lowest BCUT2D eigenvalue weighted by Gasteiger charge is -2.19. The molecule has 0 bridgehead atoms. The van der Waals surface area contributed by atoms with E-state index in [0.29, 0.717) is 12.2 Å². The molecule has 0 saturated carbocycles. The summed E-state index contributed by atoms with van der Waals surface area (Å²) in [6.07, 6.45) is 4.00. The Morgan fingerprint density at radius 3 is 2.91 bits per heavy atom. The van der Waals surface area contributed by atoms with Crippen LogP contribution in [0, 0.1) is 0 Å². The smallest absolute Gasteiger partial charge is 0.240 e. The van der Waals surface area contributed by atoms with E-state index in [0.717, 1.165) is 29.9 Å². The number of hydrogen-bond donors (Lipinski definition) is 2. The Bertz CT molecular complexity index is 816. The van der Waals surface area contributed by atoms with Crippen LogP contribution in [0.5, 0.6) is 0 Å². The molecule has 112 valence electrons. The molecule has 4 heterocycles.